The van der Waals surface area contributed by atoms with Crippen LogP contribution in [0, 0.1) is 5.82 Å². The molecule has 39 heavy (non-hydrogen) atoms. The minimum absolute atomic E-state index is 0.245. The zero-order valence-electron chi connectivity index (χ0n) is 21.0. The van der Waals surface area contributed by atoms with Gasteiger partial charge in [0.25, 0.3) is 0 Å². The van der Waals surface area contributed by atoms with E-state index in [0.717, 1.165) is 6.07 Å². The lowest BCUT2D eigenvalue weighted by Gasteiger charge is -2.24. The number of carbonyl (C=O) groups is 1. The molecule has 3 aromatic rings. The highest BCUT2D eigenvalue weighted by atomic mass is 32.2. The van der Waals surface area contributed by atoms with Crippen LogP contribution in [0.1, 0.15) is 45.0 Å². The standard InChI is InChI=1S/C24H24F4N6O4S/c1-4-38-20-12-29-11-17(30-20)13-5-8-16(15(25)9-13)31-21(35)23(2,3)18-10-19(24(26,27)28)33-22(32-18)34-39(36,37)14-6-7-14/h5,8-12,14H,4,6-7H2,1-3H3,(H,31,35)(H,32,33,34). The summed E-state index contributed by atoms with van der Waals surface area (Å²) < 4.78 is 87.4. The van der Waals surface area contributed by atoms with Gasteiger partial charge in [0.2, 0.25) is 27.8 Å². The second kappa shape index (κ2) is 10.4. The lowest BCUT2D eigenvalue weighted by molar-refractivity contribution is -0.141. The smallest absolute Gasteiger partial charge is 0.433 e. The molecule has 1 saturated carbocycles. The maximum Gasteiger partial charge on any atom is 0.433 e. The van der Waals surface area contributed by atoms with Gasteiger partial charge in [-0.15, -0.1) is 0 Å². The van der Waals surface area contributed by atoms with Crippen LogP contribution in [0.5, 0.6) is 5.88 Å². The van der Waals surface area contributed by atoms with Crippen LogP contribution in [-0.2, 0) is 26.4 Å². The highest BCUT2D eigenvalue weighted by molar-refractivity contribution is 7.93. The van der Waals surface area contributed by atoms with Gasteiger partial charge in [0.15, 0.2) is 0 Å². The van der Waals surface area contributed by atoms with E-state index in [0.29, 0.717) is 36.8 Å². The van der Waals surface area contributed by atoms with Crippen molar-refractivity contribution in [2.24, 2.45) is 0 Å². The monoisotopic (exact) mass is 568 g/mol. The number of nitrogens with zero attached hydrogens (tertiary/aromatic N) is 4. The Hall–Kier alpha value is -3.88. The zero-order valence-corrected chi connectivity index (χ0v) is 21.8. The van der Waals surface area contributed by atoms with Crippen molar-refractivity contribution in [2.75, 3.05) is 16.6 Å². The SMILES string of the molecule is CCOc1cncc(-c2ccc(NC(=O)C(C)(C)c3cc(C(F)(F)F)nc(NS(=O)(=O)C4CC4)n3)c(F)c2)n1. The third kappa shape index (κ3) is 6.41. The van der Waals surface area contributed by atoms with Crippen LogP contribution in [0.15, 0.2) is 36.7 Å². The topological polar surface area (TPSA) is 136 Å². The largest absolute Gasteiger partial charge is 0.477 e. The van der Waals surface area contributed by atoms with E-state index in [9.17, 15) is 30.8 Å². The molecule has 0 atom stereocenters. The molecule has 2 N–H and O–H groups in total. The number of anilines is 2. The Balaban J connectivity index is 1.60. The van der Waals surface area contributed by atoms with E-state index in [2.05, 4.69) is 25.3 Å². The van der Waals surface area contributed by atoms with E-state index in [-0.39, 0.29) is 11.6 Å². The van der Waals surface area contributed by atoms with Crippen molar-refractivity contribution >= 4 is 27.6 Å². The molecule has 0 unspecified atom stereocenters. The summed E-state index contributed by atoms with van der Waals surface area (Å²) in [6.07, 6.45) is -1.41. The van der Waals surface area contributed by atoms with Gasteiger partial charge in [-0.3, -0.25) is 14.5 Å². The van der Waals surface area contributed by atoms with Crippen molar-refractivity contribution in [3.63, 3.8) is 0 Å². The molecule has 1 aliphatic carbocycles. The average Bonchev–Trinajstić information content (AvgIpc) is 3.71. The number of benzene rings is 1. The van der Waals surface area contributed by atoms with E-state index in [1.807, 2.05) is 4.72 Å². The van der Waals surface area contributed by atoms with Gasteiger partial charge < -0.3 is 10.1 Å². The van der Waals surface area contributed by atoms with E-state index in [1.165, 1.54) is 38.4 Å². The van der Waals surface area contributed by atoms with E-state index < -0.39 is 55.9 Å². The molecule has 0 aliphatic heterocycles. The normalized spacial score (nSPS) is 14.1. The Morgan fingerprint density at radius 1 is 1.08 bits per heavy atom. The molecular formula is C24H24F4N6O4S. The minimum atomic E-state index is -4.95. The number of alkyl halides is 3. The number of hydrogen-bond acceptors (Lipinski definition) is 8. The first-order valence-corrected chi connectivity index (χ1v) is 13.3. The highest BCUT2D eigenvalue weighted by Gasteiger charge is 2.40. The van der Waals surface area contributed by atoms with Crippen LogP contribution < -0.4 is 14.8 Å². The van der Waals surface area contributed by atoms with E-state index >= 15 is 0 Å². The van der Waals surface area contributed by atoms with Crippen molar-refractivity contribution in [1.29, 1.82) is 0 Å². The average molecular weight is 569 g/mol. The van der Waals surface area contributed by atoms with Crippen molar-refractivity contribution in [2.45, 2.75) is 50.5 Å². The maximum atomic E-state index is 14.9. The third-order valence-electron chi connectivity index (χ3n) is 5.84. The van der Waals surface area contributed by atoms with Crippen LogP contribution >= 0.6 is 0 Å². The van der Waals surface area contributed by atoms with Gasteiger partial charge in [0.1, 0.15) is 11.5 Å². The molecule has 0 spiro atoms. The van der Waals surface area contributed by atoms with E-state index in [4.69, 9.17) is 4.74 Å². The maximum absolute atomic E-state index is 14.9. The molecule has 0 radical (unpaired) electrons. The van der Waals surface area contributed by atoms with Crippen LogP contribution in [0.25, 0.3) is 11.3 Å². The molecule has 0 saturated heterocycles. The number of hydrogen-bond donors (Lipinski definition) is 2. The number of halogens is 4. The summed E-state index contributed by atoms with van der Waals surface area (Å²) in [4.78, 5) is 28.5. The van der Waals surface area contributed by atoms with Crippen LogP contribution in [0.3, 0.4) is 0 Å². The van der Waals surface area contributed by atoms with Gasteiger partial charge >= 0.3 is 6.18 Å². The fourth-order valence-corrected chi connectivity index (χ4v) is 4.69. The fourth-order valence-electron chi connectivity index (χ4n) is 3.42. The Bertz CT molecular complexity index is 1510. The molecule has 2 heterocycles. The Morgan fingerprint density at radius 3 is 2.38 bits per heavy atom. The molecule has 4 rings (SSSR count). The first-order valence-electron chi connectivity index (χ1n) is 11.8. The Kier molecular flexibility index (Phi) is 7.47. The van der Waals surface area contributed by atoms with Gasteiger partial charge in [-0.25, -0.2) is 27.8 Å². The van der Waals surface area contributed by atoms with Gasteiger partial charge in [0, 0.05) is 5.56 Å². The highest BCUT2D eigenvalue weighted by Crippen LogP contribution is 2.34. The number of rotatable bonds is 9. The number of carbonyl (C=O) groups excluding carboxylic acids is 1. The molecule has 1 aliphatic rings. The second-order valence-electron chi connectivity index (χ2n) is 9.26. The molecule has 2 aromatic heterocycles. The van der Waals surface area contributed by atoms with Crippen LogP contribution in [0.2, 0.25) is 0 Å². The lowest BCUT2D eigenvalue weighted by Crippen LogP contribution is -2.36. The summed E-state index contributed by atoms with van der Waals surface area (Å²) in [7, 11) is -3.98. The predicted octanol–water partition coefficient (Wildman–Crippen LogP) is 4.31. The van der Waals surface area contributed by atoms with Gasteiger partial charge in [-0.2, -0.15) is 13.2 Å². The first kappa shape index (κ1) is 28.1. The van der Waals surface area contributed by atoms with Gasteiger partial charge in [-0.05, 0) is 51.8 Å². The summed E-state index contributed by atoms with van der Waals surface area (Å²) in [5.74, 6) is -2.29. The molecule has 208 valence electrons. The molecule has 15 heteroatoms. The summed E-state index contributed by atoms with van der Waals surface area (Å²) in [5.41, 5.74) is -3.20. The first-order chi connectivity index (χ1) is 18.2. The Labute approximate surface area is 221 Å². The summed E-state index contributed by atoms with van der Waals surface area (Å²) in [5, 5.41) is 1.62. The molecule has 1 aromatic carbocycles. The summed E-state index contributed by atoms with van der Waals surface area (Å²) in [6.45, 7) is 4.67. The minimum Gasteiger partial charge on any atom is -0.477 e. The molecular weight excluding hydrogens is 544 g/mol. The van der Waals surface area contributed by atoms with Crippen molar-refractivity contribution in [1.82, 2.24) is 19.9 Å². The third-order valence-corrected chi connectivity index (χ3v) is 7.66. The number of aromatic nitrogens is 4. The van der Waals surface area contributed by atoms with Crippen molar-refractivity contribution < 1.29 is 35.5 Å². The lowest BCUT2D eigenvalue weighted by atomic mass is 9.87. The second-order valence-corrected chi connectivity index (χ2v) is 11.2. The van der Waals surface area contributed by atoms with Crippen molar-refractivity contribution in [3.8, 4) is 17.1 Å². The van der Waals surface area contributed by atoms with Crippen molar-refractivity contribution in [3.05, 3.63) is 53.9 Å². The van der Waals surface area contributed by atoms with Gasteiger partial charge in [-0.1, -0.05) is 6.07 Å². The molecule has 0 bridgehead atoms. The fraction of sp³-hybridized carbons (Fsp3) is 0.375. The Morgan fingerprint density at radius 2 is 1.77 bits per heavy atom. The summed E-state index contributed by atoms with van der Waals surface area (Å²) >= 11 is 0. The predicted molar refractivity (Wildman–Crippen MR) is 133 cm³/mol. The number of ether oxygens (including phenoxy) is 1. The number of nitrogens with one attached hydrogen (secondary N) is 2. The van der Waals surface area contributed by atoms with Crippen LogP contribution in [-0.4, -0.2) is 46.1 Å². The quantitative estimate of drug-likeness (QED) is 0.365. The molecule has 1 amide bonds. The summed E-state index contributed by atoms with van der Waals surface area (Å²) in [6, 6.07) is 4.41. The molecule has 10 nitrogen and oxygen atoms in total. The number of amides is 1. The van der Waals surface area contributed by atoms with Crippen LogP contribution in [0.4, 0.5) is 29.2 Å². The number of sulfonamides is 1. The molecule has 1 fully saturated rings. The van der Waals surface area contributed by atoms with E-state index in [1.54, 1.807) is 6.92 Å². The van der Waals surface area contributed by atoms with Gasteiger partial charge in [0.05, 0.1) is 46.7 Å². The zero-order chi connectivity index (χ0) is 28.6.